The smallest absolute Gasteiger partial charge is 0.317 e. The molecule has 0 bridgehead atoms. The zero-order valence-electron chi connectivity index (χ0n) is 13.4. The van der Waals surface area contributed by atoms with Crippen LogP contribution in [0.1, 0.15) is 48.0 Å². The van der Waals surface area contributed by atoms with Crippen molar-refractivity contribution in [2.75, 3.05) is 19.7 Å². The molecule has 1 aliphatic heterocycles. The number of amides is 2. The Bertz CT molecular complexity index is 485. The number of hydrogen-bond acceptors (Lipinski definition) is 3. The van der Waals surface area contributed by atoms with Gasteiger partial charge >= 0.3 is 6.03 Å². The topological polar surface area (TPSA) is 41.6 Å². The van der Waals surface area contributed by atoms with Gasteiger partial charge in [0.2, 0.25) is 0 Å². The van der Waals surface area contributed by atoms with Crippen LogP contribution in [0, 0.1) is 13.8 Å². The van der Waals surface area contributed by atoms with Gasteiger partial charge < -0.3 is 15.0 Å². The van der Waals surface area contributed by atoms with Gasteiger partial charge in [-0.1, -0.05) is 0 Å². The molecule has 1 aromatic heterocycles. The van der Waals surface area contributed by atoms with Crippen molar-refractivity contribution in [3.05, 3.63) is 21.4 Å². The van der Waals surface area contributed by atoms with E-state index < -0.39 is 0 Å². The molecular formula is C16H26N2O2S. The molecular weight excluding hydrogens is 284 g/mol. The summed E-state index contributed by atoms with van der Waals surface area (Å²) in [7, 11) is 0. The lowest BCUT2D eigenvalue weighted by Crippen LogP contribution is -2.48. The molecule has 0 radical (unpaired) electrons. The van der Waals surface area contributed by atoms with Crippen molar-refractivity contribution in [1.29, 1.82) is 0 Å². The Kier molecular flexibility index (Phi) is 5.65. The fraction of sp³-hybridized carbons (Fsp3) is 0.688. The summed E-state index contributed by atoms with van der Waals surface area (Å²) in [5, 5.41) is 3.12. The molecule has 0 aromatic carbocycles. The molecule has 4 nitrogen and oxygen atoms in total. The van der Waals surface area contributed by atoms with Gasteiger partial charge in [-0.05, 0) is 52.2 Å². The molecule has 1 aliphatic rings. The zero-order chi connectivity index (χ0) is 15.4. The Balaban J connectivity index is 1.93. The lowest BCUT2D eigenvalue weighted by atomic mass is 10.1. The number of aryl methyl sites for hydroxylation is 2. The number of piperidine rings is 1. The van der Waals surface area contributed by atoms with Gasteiger partial charge in [-0.2, -0.15) is 0 Å². The molecule has 0 saturated carbocycles. The van der Waals surface area contributed by atoms with Crippen molar-refractivity contribution in [2.45, 2.75) is 52.7 Å². The summed E-state index contributed by atoms with van der Waals surface area (Å²) < 4.78 is 5.66. The van der Waals surface area contributed by atoms with Crippen molar-refractivity contribution >= 4 is 17.4 Å². The molecule has 1 N–H and O–H groups in total. The highest BCUT2D eigenvalue weighted by molar-refractivity contribution is 7.12. The van der Waals surface area contributed by atoms with Gasteiger partial charge in [0.25, 0.3) is 0 Å². The molecule has 21 heavy (non-hydrogen) atoms. The first-order valence-electron chi connectivity index (χ1n) is 7.75. The quantitative estimate of drug-likeness (QED) is 0.922. The van der Waals surface area contributed by atoms with Crippen LogP contribution >= 0.6 is 11.3 Å². The van der Waals surface area contributed by atoms with Gasteiger partial charge in [-0.25, -0.2) is 4.79 Å². The van der Waals surface area contributed by atoms with Gasteiger partial charge in [-0.3, -0.25) is 0 Å². The van der Waals surface area contributed by atoms with Crippen LogP contribution in [0.3, 0.4) is 0 Å². The summed E-state index contributed by atoms with van der Waals surface area (Å²) in [6, 6.07) is 2.24. The molecule has 5 heteroatoms. The Morgan fingerprint density at radius 2 is 2.33 bits per heavy atom. The molecule has 2 unspecified atom stereocenters. The number of nitrogens with zero attached hydrogens (tertiary/aromatic N) is 1. The second kappa shape index (κ2) is 7.27. The number of rotatable bonds is 4. The molecule has 2 atom stereocenters. The molecule has 2 rings (SSSR count). The highest BCUT2D eigenvalue weighted by Gasteiger charge is 2.25. The Labute approximate surface area is 131 Å². The highest BCUT2D eigenvalue weighted by atomic mass is 32.1. The van der Waals surface area contributed by atoms with E-state index in [9.17, 15) is 4.79 Å². The lowest BCUT2D eigenvalue weighted by molar-refractivity contribution is 0.0162. The number of carbonyl (C=O) groups excluding carboxylic acids is 1. The third-order valence-corrected chi connectivity index (χ3v) is 4.94. The van der Waals surface area contributed by atoms with Gasteiger partial charge in [0.15, 0.2) is 0 Å². The highest BCUT2D eigenvalue weighted by Crippen LogP contribution is 2.26. The summed E-state index contributed by atoms with van der Waals surface area (Å²) in [4.78, 5) is 16.9. The Morgan fingerprint density at radius 3 is 2.95 bits per heavy atom. The Hall–Kier alpha value is -1.07. The van der Waals surface area contributed by atoms with Crippen LogP contribution in [0.5, 0.6) is 0 Å². The van der Waals surface area contributed by atoms with E-state index in [2.05, 4.69) is 32.2 Å². The molecule has 118 valence electrons. The maximum Gasteiger partial charge on any atom is 0.317 e. The van der Waals surface area contributed by atoms with Crippen molar-refractivity contribution in [3.63, 3.8) is 0 Å². The predicted octanol–water partition coefficient (Wildman–Crippen LogP) is 3.64. The molecule has 1 saturated heterocycles. The first-order valence-corrected chi connectivity index (χ1v) is 8.56. The zero-order valence-corrected chi connectivity index (χ0v) is 14.3. The average molecular weight is 310 g/mol. The van der Waals surface area contributed by atoms with E-state index in [1.54, 1.807) is 11.3 Å². The standard InChI is InChI=1S/C16H26N2O2S/c1-5-20-14-7-6-8-18(10-14)16(19)17-12(3)15-9-11(2)21-13(15)4/h9,12,14H,5-8,10H2,1-4H3,(H,17,19). The Morgan fingerprint density at radius 1 is 1.57 bits per heavy atom. The van der Waals surface area contributed by atoms with Crippen molar-refractivity contribution < 1.29 is 9.53 Å². The summed E-state index contributed by atoms with van der Waals surface area (Å²) in [6.07, 6.45) is 2.26. The monoisotopic (exact) mass is 310 g/mol. The minimum atomic E-state index is 0.0233. The minimum absolute atomic E-state index is 0.0233. The van der Waals surface area contributed by atoms with Gasteiger partial charge in [0, 0.05) is 29.5 Å². The number of likely N-dealkylation sites (tertiary alicyclic amines) is 1. The molecule has 2 heterocycles. The second-order valence-corrected chi connectivity index (χ2v) is 7.17. The third-order valence-electron chi connectivity index (χ3n) is 3.95. The van der Waals surface area contributed by atoms with Crippen LogP contribution in [0.15, 0.2) is 6.07 Å². The van der Waals surface area contributed by atoms with E-state index in [1.165, 1.54) is 15.3 Å². The summed E-state index contributed by atoms with van der Waals surface area (Å²) >= 11 is 1.78. The van der Waals surface area contributed by atoms with E-state index >= 15 is 0 Å². The number of thiophene rings is 1. The number of ether oxygens (including phenoxy) is 1. The minimum Gasteiger partial charge on any atom is -0.377 e. The molecule has 2 amide bonds. The number of carbonyl (C=O) groups is 1. The maximum absolute atomic E-state index is 12.4. The normalized spacial score (nSPS) is 20.4. The summed E-state index contributed by atoms with van der Waals surface area (Å²) in [6.45, 7) is 10.5. The fourth-order valence-corrected chi connectivity index (χ4v) is 3.95. The third kappa shape index (κ3) is 4.20. The molecule has 1 fully saturated rings. The maximum atomic E-state index is 12.4. The van der Waals surface area contributed by atoms with Crippen LogP contribution < -0.4 is 5.32 Å². The molecule has 0 aliphatic carbocycles. The van der Waals surface area contributed by atoms with E-state index in [-0.39, 0.29) is 18.2 Å². The molecule has 1 aromatic rings. The van der Waals surface area contributed by atoms with Gasteiger partial charge in [-0.15, -0.1) is 11.3 Å². The lowest BCUT2D eigenvalue weighted by Gasteiger charge is -2.33. The van der Waals surface area contributed by atoms with Crippen LogP contribution in [-0.2, 0) is 4.74 Å². The van der Waals surface area contributed by atoms with Crippen molar-refractivity contribution in [1.82, 2.24) is 10.2 Å². The van der Waals surface area contributed by atoms with Gasteiger partial charge in [0.05, 0.1) is 12.1 Å². The van der Waals surface area contributed by atoms with Crippen LogP contribution in [0.25, 0.3) is 0 Å². The van der Waals surface area contributed by atoms with Crippen LogP contribution in [0.4, 0.5) is 4.79 Å². The van der Waals surface area contributed by atoms with Crippen LogP contribution in [0.2, 0.25) is 0 Å². The summed E-state index contributed by atoms with van der Waals surface area (Å²) in [5.74, 6) is 0. The van der Waals surface area contributed by atoms with Crippen LogP contribution in [-0.4, -0.2) is 36.7 Å². The average Bonchev–Trinajstić information content (AvgIpc) is 2.78. The number of urea groups is 1. The predicted molar refractivity (Wildman–Crippen MR) is 87.0 cm³/mol. The van der Waals surface area contributed by atoms with E-state index in [0.29, 0.717) is 13.2 Å². The van der Waals surface area contributed by atoms with E-state index in [0.717, 1.165) is 19.4 Å². The van der Waals surface area contributed by atoms with E-state index in [4.69, 9.17) is 4.74 Å². The second-order valence-electron chi connectivity index (χ2n) is 5.71. The fourth-order valence-electron chi connectivity index (χ4n) is 2.93. The number of hydrogen-bond donors (Lipinski definition) is 1. The first-order chi connectivity index (χ1) is 10.0. The largest absolute Gasteiger partial charge is 0.377 e. The SMILES string of the molecule is CCOC1CCCN(C(=O)NC(C)c2cc(C)sc2C)C1. The number of nitrogens with one attached hydrogen (secondary N) is 1. The first kappa shape index (κ1) is 16.3. The summed E-state index contributed by atoms with van der Waals surface area (Å²) in [5.41, 5.74) is 1.23. The van der Waals surface area contributed by atoms with Crippen molar-refractivity contribution in [3.8, 4) is 0 Å². The van der Waals surface area contributed by atoms with Gasteiger partial charge in [0.1, 0.15) is 0 Å². The van der Waals surface area contributed by atoms with Crippen molar-refractivity contribution in [2.24, 2.45) is 0 Å². The van der Waals surface area contributed by atoms with E-state index in [1.807, 2.05) is 11.8 Å². The molecule has 0 spiro atoms.